The molecule has 2 fully saturated rings. The molecule has 1 atom stereocenters. The summed E-state index contributed by atoms with van der Waals surface area (Å²) in [5.74, 6) is -0.535. The number of carbonyl (C=O) groups excluding carboxylic acids is 3. The van der Waals surface area contributed by atoms with Crippen molar-refractivity contribution in [1.29, 1.82) is 0 Å². The van der Waals surface area contributed by atoms with Gasteiger partial charge >= 0.3 is 12.1 Å². The number of piperazine rings is 1. The predicted molar refractivity (Wildman–Crippen MR) is 129 cm³/mol. The van der Waals surface area contributed by atoms with Crippen LogP contribution >= 0.6 is 12.2 Å². The molecule has 2 aromatic carbocycles. The van der Waals surface area contributed by atoms with Crippen LogP contribution in [-0.2, 0) is 25.7 Å². The number of cyclic esters (lactones) is 1. The summed E-state index contributed by atoms with van der Waals surface area (Å²) in [6.07, 6.45) is -1.44. The molecule has 2 heterocycles. The molecule has 0 spiro atoms. The summed E-state index contributed by atoms with van der Waals surface area (Å²) in [5, 5.41) is 0. The highest BCUT2D eigenvalue weighted by Gasteiger charge is 2.39. The molecule has 2 saturated heterocycles. The highest BCUT2D eigenvalue weighted by Crippen LogP contribution is 2.23. The zero-order chi connectivity index (χ0) is 24.1. The molecule has 2 N–H and O–H groups in total. The van der Waals surface area contributed by atoms with Crippen molar-refractivity contribution in [2.24, 2.45) is 5.73 Å². The van der Waals surface area contributed by atoms with E-state index in [2.05, 4.69) is 0 Å². The van der Waals surface area contributed by atoms with Crippen LogP contribution in [0.3, 0.4) is 0 Å². The second kappa shape index (κ2) is 10.6. The number of anilines is 1. The molecule has 1 unspecified atom stereocenters. The standard InChI is InChI=1S/C24H26N4O5S/c25-22(34)18-6-8-19(9-7-18)28-14-20(33-24(28)31)23(30)27-12-10-26(11-13-27)15-21(29)32-16-17-4-2-1-3-5-17/h1-9,20H,10-16H2,(H2,25,34). The first-order chi connectivity index (χ1) is 16.4. The normalized spacial score (nSPS) is 18.5. The molecule has 2 amide bonds. The number of thiocarbonyl (C=S) groups is 1. The molecule has 0 bridgehead atoms. The molecule has 9 nitrogen and oxygen atoms in total. The smallest absolute Gasteiger partial charge is 0.415 e. The number of hydrogen-bond donors (Lipinski definition) is 1. The van der Waals surface area contributed by atoms with E-state index in [9.17, 15) is 14.4 Å². The van der Waals surface area contributed by atoms with Gasteiger partial charge in [-0.2, -0.15) is 0 Å². The number of hydrogen-bond acceptors (Lipinski definition) is 7. The first-order valence-electron chi connectivity index (χ1n) is 11.0. The van der Waals surface area contributed by atoms with Crippen molar-refractivity contribution in [3.05, 3.63) is 65.7 Å². The second-order valence-corrected chi connectivity index (χ2v) is 8.58. The summed E-state index contributed by atoms with van der Waals surface area (Å²) >= 11 is 4.95. The average molecular weight is 483 g/mol. The molecule has 0 saturated carbocycles. The molecule has 34 heavy (non-hydrogen) atoms. The first kappa shape index (κ1) is 23.7. The molecule has 4 rings (SSSR count). The number of amides is 2. The van der Waals surface area contributed by atoms with Gasteiger partial charge < -0.3 is 20.1 Å². The van der Waals surface area contributed by atoms with E-state index < -0.39 is 12.2 Å². The Hall–Kier alpha value is -3.50. The summed E-state index contributed by atoms with van der Waals surface area (Å²) in [5.41, 5.74) is 7.85. The second-order valence-electron chi connectivity index (χ2n) is 8.14. The summed E-state index contributed by atoms with van der Waals surface area (Å²) in [7, 11) is 0. The number of ether oxygens (including phenoxy) is 2. The van der Waals surface area contributed by atoms with Gasteiger partial charge in [-0.3, -0.25) is 19.4 Å². The van der Waals surface area contributed by atoms with Crippen LogP contribution in [0.1, 0.15) is 11.1 Å². The SMILES string of the molecule is NC(=S)c1ccc(N2CC(C(=O)N3CCN(CC(=O)OCc4ccccc4)CC3)OC2=O)cc1. The molecule has 2 aliphatic heterocycles. The molecule has 0 aromatic heterocycles. The van der Waals surface area contributed by atoms with Crippen LogP contribution in [0.25, 0.3) is 0 Å². The minimum Gasteiger partial charge on any atom is -0.460 e. The fourth-order valence-corrected chi connectivity index (χ4v) is 4.04. The largest absolute Gasteiger partial charge is 0.460 e. The lowest BCUT2D eigenvalue weighted by atomic mass is 10.2. The van der Waals surface area contributed by atoms with E-state index >= 15 is 0 Å². The van der Waals surface area contributed by atoms with E-state index in [0.717, 1.165) is 5.56 Å². The number of benzene rings is 2. The van der Waals surface area contributed by atoms with Crippen LogP contribution in [0.5, 0.6) is 0 Å². The van der Waals surface area contributed by atoms with Gasteiger partial charge in [0.2, 0.25) is 0 Å². The Bertz CT molecular complexity index is 1050. The molecule has 0 radical (unpaired) electrons. The van der Waals surface area contributed by atoms with E-state index in [1.807, 2.05) is 35.2 Å². The molecular formula is C24H26N4O5S. The topological polar surface area (TPSA) is 105 Å². The van der Waals surface area contributed by atoms with Gasteiger partial charge in [-0.1, -0.05) is 42.5 Å². The molecule has 10 heteroatoms. The lowest BCUT2D eigenvalue weighted by Crippen LogP contribution is -2.53. The summed E-state index contributed by atoms with van der Waals surface area (Å²) in [6.45, 7) is 2.51. The third-order valence-corrected chi connectivity index (χ3v) is 6.07. The van der Waals surface area contributed by atoms with Gasteiger partial charge in [0.1, 0.15) is 11.6 Å². The van der Waals surface area contributed by atoms with Crippen molar-refractivity contribution in [2.75, 3.05) is 44.2 Å². The van der Waals surface area contributed by atoms with Crippen molar-refractivity contribution < 1.29 is 23.9 Å². The quantitative estimate of drug-likeness (QED) is 0.468. The average Bonchev–Trinajstić information content (AvgIpc) is 3.25. The van der Waals surface area contributed by atoms with Gasteiger partial charge in [0.25, 0.3) is 5.91 Å². The fraction of sp³-hybridized carbons (Fsp3) is 0.333. The summed E-state index contributed by atoms with van der Waals surface area (Å²) in [4.78, 5) is 42.8. The Kier molecular flexibility index (Phi) is 7.39. The van der Waals surface area contributed by atoms with Gasteiger partial charge in [0, 0.05) is 37.4 Å². The third-order valence-electron chi connectivity index (χ3n) is 5.83. The predicted octanol–water partition coefficient (Wildman–Crippen LogP) is 1.53. The Morgan fingerprint density at radius 3 is 2.35 bits per heavy atom. The summed E-state index contributed by atoms with van der Waals surface area (Å²) < 4.78 is 10.7. The maximum absolute atomic E-state index is 12.9. The fourth-order valence-electron chi connectivity index (χ4n) is 3.90. The van der Waals surface area contributed by atoms with Crippen molar-refractivity contribution in [3.8, 4) is 0 Å². The van der Waals surface area contributed by atoms with E-state index in [0.29, 0.717) is 37.4 Å². The van der Waals surface area contributed by atoms with Gasteiger partial charge in [-0.25, -0.2) is 4.79 Å². The number of carbonyl (C=O) groups is 3. The van der Waals surface area contributed by atoms with Crippen LogP contribution in [0, 0.1) is 0 Å². The molecular weight excluding hydrogens is 456 g/mol. The van der Waals surface area contributed by atoms with Crippen LogP contribution in [0.4, 0.5) is 10.5 Å². The van der Waals surface area contributed by atoms with Crippen molar-refractivity contribution >= 4 is 40.9 Å². The Morgan fingerprint density at radius 2 is 1.71 bits per heavy atom. The maximum Gasteiger partial charge on any atom is 0.415 e. The van der Waals surface area contributed by atoms with Gasteiger partial charge in [0.15, 0.2) is 6.10 Å². The lowest BCUT2D eigenvalue weighted by molar-refractivity contribution is -0.147. The molecule has 2 aromatic rings. The van der Waals surface area contributed by atoms with Gasteiger partial charge in [-0.05, 0) is 29.8 Å². The number of esters is 1. The molecule has 2 aliphatic rings. The Labute approximate surface area is 203 Å². The highest BCUT2D eigenvalue weighted by atomic mass is 32.1. The van der Waals surface area contributed by atoms with Crippen molar-refractivity contribution in [3.63, 3.8) is 0 Å². The minimum absolute atomic E-state index is 0.135. The molecule has 178 valence electrons. The Morgan fingerprint density at radius 1 is 1.03 bits per heavy atom. The van der Waals surface area contributed by atoms with Crippen molar-refractivity contribution in [2.45, 2.75) is 12.7 Å². The zero-order valence-corrected chi connectivity index (χ0v) is 19.4. The van der Waals surface area contributed by atoms with Crippen LogP contribution < -0.4 is 10.6 Å². The number of nitrogens with zero attached hydrogens (tertiary/aromatic N) is 3. The Balaban J connectivity index is 1.23. The van der Waals surface area contributed by atoms with E-state index in [1.165, 1.54) is 4.90 Å². The maximum atomic E-state index is 12.9. The highest BCUT2D eigenvalue weighted by molar-refractivity contribution is 7.80. The first-order valence-corrected chi connectivity index (χ1v) is 11.4. The van der Waals surface area contributed by atoms with Gasteiger partial charge in [-0.15, -0.1) is 0 Å². The zero-order valence-electron chi connectivity index (χ0n) is 18.6. The number of nitrogens with two attached hydrogens (primary N) is 1. The monoisotopic (exact) mass is 482 g/mol. The molecule has 0 aliphatic carbocycles. The van der Waals surface area contributed by atoms with Crippen LogP contribution in [-0.4, -0.2) is 78.1 Å². The van der Waals surface area contributed by atoms with Crippen LogP contribution in [0.15, 0.2) is 54.6 Å². The number of rotatable bonds is 7. The minimum atomic E-state index is -0.870. The lowest BCUT2D eigenvalue weighted by Gasteiger charge is -2.34. The van der Waals surface area contributed by atoms with E-state index in [4.69, 9.17) is 27.4 Å². The summed E-state index contributed by atoms with van der Waals surface area (Å²) in [6, 6.07) is 16.4. The van der Waals surface area contributed by atoms with Gasteiger partial charge in [0.05, 0.1) is 13.1 Å². The van der Waals surface area contributed by atoms with E-state index in [-0.39, 0.29) is 36.6 Å². The van der Waals surface area contributed by atoms with Crippen LogP contribution in [0.2, 0.25) is 0 Å². The van der Waals surface area contributed by atoms with E-state index in [1.54, 1.807) is 29.2 Å². The third kappa shape index (κ3) is 5.70. The van der Waals surface area contributed by atoms with Crippen molar-refractivity contribution in [1.82, 2.24) is 9.80 Å².